The number of nitrogens with zero attached hydrogens (tertiary/aromatic N) is 1. The van der Waals surface area contributed by atoms with Crippen molar-refractivity contribution in [3.05, 3.63) is 47.0 Å². The van der Waals surface area contributed by atoms with E-state index in [2.05, 4.69) is 4.72 Å². The van der Waals surface area contributed by atoms with E-state index >= 15 is 0 Å². The minimum absolute atomic E-state index is 0.112. The van der Waals surface area contributed by atoms with Crippen molar-refractivity contribution >= 4 is 25.7 Å². The van der Waals surface area contributed by atoms with Crippen molar-refractivity contribution in [2.24, 2.45) is 0 Å². The van der Waals surface area contributed by atoms with Crippen molar-refractivity contribution in [3.8, 4) is 11.5 Å². The van der Waals surface area contributed by atoms with Crippen LogP contribution in [0.15, 0.2) is 35.2 Å². The van der Waals surface area contributed by atoms with Crippen LogP contribution in [0.5, 0.6) is 11.5 Å². The number of methoxy groups -OCH3 is 2. The van der Waals surface area contributed by atoms with E-state index in [0.29, 0.717) is 47.7 Å². The van der Waals surface area contributed by atoms with E-state index in [1.54, 1.807) is 52.3 Å². The molecule has 0 saturated carbocycles. The summed E-state index contributed by atoms with van der Waals surface area (Å²) in [5, 5.41) is 0. The number of anilines is 1. The first-order chi connectivity index (χ1) is 15.1. The van der Waals surface area contributed by atoms with Crippen LogP contribution in [-0.4, -0.2) is 49.9 Å². The molecule has 0 bridgehead atoms. The highest BCUT2D eigenvalue weighted by Crippen LogP contribution is 2.30. The zero-order valence-corrected chi connectivity index (χ0v) is 20.5. The second kappa shape index (κ2) is 9.68. The monoisotopic (exact) mass is 482 g/mol. The van der Waals surface area contributed by atoms with Crippen molar-refractivity contribution in [1.82, 2.24) is 4.72 Å². The number of hydrogen-bond acceptors (Lipinski definition) is 6. The van der Waals surface area contributed by atoms with Crippen LogP contribution in [0, 0.1) is 13.8 Å². The highest BCUT2D eigenvalue weighted by molar-refractivity contribution is 7.92. The van der Waals surface area contributed by atoms with Crippen LogP contribution in [0.4, 0.5) is 5.69 Å². The summed E-state index contributed by atoms with van der Waals surface area (Å²) in [6.45, 7) is 3.96. The molecule has 176 valence electrons. The zero-order chi connectivity index (χ0) is 23.5. The standard InChI is InChI=1S/C22H30N2O6S2/c1-16-13-19(24-11-5-6-12-31(24,25)26)14-17(2)22(16)32(27,28)23-10-9-18-15-20(29-3)7-8-21(18)30-4/h7-8,13-15,23H,5-6,9-12H2,1-4H3. The Bertz CT molecular complexity index is 1170. The number of ether oxygens (including phenoxy) is 2. The number of hydrogen-bond donors (Lipinski definition) is 1. The van der Waals surface area contributed by atoms with Gasteiger partial charge in [0, 0.05) is 13.1 Å². The lowest BCUT2D eigenvalue weighted by Gasteiger charge is -2.29. The molecule has 1 N–H and O–H groups in total. The van der Waals surface area contributed by atoms with Crippen LogP contribution in [0.1, 0.15) is 29.5 Å². The average Bonchev–Trinajstić information content (AvgIpc) is 2.72. The predicted molar refractivity (Wildman–Crippen MR) is 125 cm³/mol. The lowest BCUT2D eigenvalue weighted by atomic mass is 10.1. The van der Waals surface area contributed by atoms with Gasteiger partial charge in [-0.1, -0.05) is 0 Å². The maximum Gasteiger partial charge on any atom is 0.241 e. The van der Waals surface area contributed by atoms with E-state index in [0.717, 1.165) is 12.0 Å². The first kappa shape index (κ1) is 24.3. The predicted octanol–water partition coefficient (Wildman–Crippen LogP) is 2.77. The quantitative estimate of drug-likeness (QED) is 0.621. The topological polar surface area (TPSA) is 102 Å². The number of nitrogens with one attached hydrogen (secondary N) is 1. The number of aryl methyl sites for hydroxylation is 2. The molecule has 32 heavy (non-hydrogen) atoms. The molecule has 0 unspecified atom stereocenters. The molecule has 8 nitrogen and oxygen atoms in total. The average molecular weight is 483 g/mol. The van der Waals surface area contributed by atoms with Gasteiger partial charge < -0.3 is 9.47 Å². The van der Waals surface area contributed by atoms with E-state index in [4.69, 9.17) is 9.47 Å². The van der Waals surface area contributed by atoms with Gasteiger partial charge in [0.1, 0.15) is 11.5 Å². The Hall–Kier alpha value is -2.30. The molecule has 0 aliphatic carbocycles. The van der Waals surface area contributed by atoms with Crippen molar-refractivity contribution in [3.63, 3.8) is 0 Å². The lowest BCUT2D eigenvalue weighted by Crippen LogP contribution is -2.38. The van der Waals surface area contributed by atoms with Crippen LogP contribution >= 0.6 is 0 Å². The normalized spacial score (nSPS) is 16.1. The summed E-state index contributed by atoms with van der Waals surface area (Å²) in [5.41, 5.74) is 2.35. The summed E-state index contributed by atoms with van der Waals surface area (Å²) in [5.74, 6) is 1.43. The molecule has 1 aliphatic rings. The van der Waals surface area contributed by atoms with Gasteiger partial charge in [-0.2, -0.15) is 0 Å². The molecule has 0 atom stereocenters. The lowest BCUT2D eigenvalue weighted by molar-refractivity contribution is 0.398. The molecule has 3 rings (SSSR count). The van der Waals surface area contributed by atoms with Crippen molar-refractivity contribution in [2.75, 3.05) is 37.4 Å². The van der Waals surface area contributed by atoms with Crippen molar-refractivity contribution in [1.29, 1.82) is 0 Å². The Morgan fingerprint density at radius 2 is 1.72 bits per heavy atom. The SMILES string of the molecule is COc1ccc(OC)c(CCNS(=O)(=O)c2c(C)cc(N3CCCCS3(=O)=O)cc2C)c1. The minimum Gasteiger partial charge on any atom is -0.497 e. The van der Waals surface area contributed by atoms with Gasteiger partial charge >= 0.3 is 0 Å². The van der Waals surface area contributed by atoms with Gasteiger partial charge in [-0.05, 0) is 80.1 Å². The summed E-state index contributed by atoms with van der Waals surface area (Å²) in [6.07, 6.45) is 1.85. The third-order valence-electron chi connectivity index (χ3n) is 5.53. The number of sulfonamides is 2. The van der Waals surface area contributed by atoms with Crippen molar-refractivity contribution < 1.29 is 26.3 Å². The molecular weight excluding hydrogens is 452 g/mol. The molecule has 2 aromatic carbocycles. The molecule has 1 aliphatic heterocycles. The van der Waals surface area contributed by atoms with Gasteiger partial charge in [-0.25, -0.2) is 21.6 Å². The molecule has 1 fully saturated rings. The largest absolute Gasteiger partial charge is 0.497 e. The molecule has 1 heterocycles. The molecule has 0 radical (unpaired) electrons. The summed E-state index contributed by atoms with van der Waals surface area (Å²) in [4.78, 5) is 0.174. The second-order valence-electron chi connectivity index (χ2n) is 7.83. The molecule has 0 spiro atoms. The van der Waals surface area contributed by atoms with E-state index in [1.807, 2.05) is 6.07 Å². The van der Waals surface area contributed by atoms with Gasteiger partial charge in [0.05, 0.1) is 30.6 Å². The summed E-state index contributed by atoms with van der Waals surface area (Å²) in [7, 11) is -4.03. The fourth-order valence-corrected chi connectivity index (χ4v) is 7.15. The van der Waals surface area contributed by atoms with Crippen molar-refractivity contribution in [2.45, 2.75) is 38.0 Å². The molecule has 0 amide bonds. The maximum atomic E-state index is 13.1. The Labute approximate surface area is 190 Å². The smallest absolute Gasteiger partial charge is 0.241 e. The summed E-state index contributed by atoms with van der Waals surface area (Å²) < 4.78 is 65.6. The van der Waals surface area contributed by atoms with Crippen LogP contribution in [0.2, 0.25) is 0 Å². The van der Waals surface area contributed by atoms with Gasteiger partial charge in [0.25, 0.3) is 0 Å². The van der Waals surface area contributed by atoms with Gasteiger partial charge in [-0.3, -0.25) is 4.31 Å². The number of rotatable bonds is 8. The van der Waals surface area contributed by atoms with E-state index in [1.165, 1.54) is 4.31 Å². The molecular formula is C22H30N2O6S2. The summed E-state index contributed by atoms with van der Waals surface area (Å²) in [6, 6.07) is 8.65. The molecule has 10 heteroatoms. The molecule has 1 saturated heterocycles. The second-order valence-corrected chi connectivity index (χ2v) is 11.5. The molecule has 0 aromatic heterocycles. The van der Waals surface area contributed by atoms with E-state index < -0.39 is 20.0 Å². The Balaban J connectivity index is 1.80. The first-order valence-corrected chi connectivity index (χ1v) is 13.5. The molecule has 2 aromatic rings. The summed E-state index contributed by atoms with van der Waals surface area (Å²) >= 11 is 0. The van der Waals surface area contributed by atoms with Crippen LogP contribution in [-0.2, 0) is 26.5 Å². The fraction of sp³-hybridized carbons (Fsp3) is 0.455. The highest BCUT2D eigenvalue weighted by Gasteiger charge is 2.28. The Morgan fingerprint density at radius 3 is 2.31 bits per heavy atom. The zero-order valence-electron chi connectivity index (χ0n) is 18.8. The van der Waals surface area contributed by atoms with Crippen LogP contribution in [0.25, 0.3) is 0 Å². The highest BCUT2D eigenvalue weighted by atomic mass is 32.2. The fourth-order valence-electron chi connectivity index (χ4n) is 4.04. The van der Waals surface area contributed by atoms with E-state index in [-0.39, 0.29) is 17.2 Å². The Kier molecular flexibility index (Phi) is 7.36. The van der Waals surface area contributed by atoms with E-state index in [9.17, 15) is 16.8 Å². The third kappa shape index (κ3) is 5.19. The third-order valence-corrected chi connectivity index (χ3v) is 9.16. The Morgan fingerprint density at radius 1 is 1.03 bits per heavy atom. The minimum atomic E-state index is -3.79. The van der Waals surface area contributed by atoms with Crippen LogP contribution < -0.4 is 18.5 Å². The maximum absolute atomic E-state index is 13.1. The van der Waals surface area contributed by atoms with Gasteiger partial charge in [0.15, 0.2) is 0 Å². The first-order valence-electron chi connectivity index (χ1n) is 10.4. The van der Waals surface area contributed by atoms with Gasteiger partial charge in [0.2, 0.25) is 20.0 Å². The van der Waals surface area contributed by atoms with Gasteiger partial charge in [-0.15, -0.1) is 0 Å². The van der Waals surface area contributed by atoms with Crippen LogP contribution in [0.3, 0.4) is 0 Å². The number of benzene rings is 2.